The second-order valence-corrected chi connectivity index (χ2v) is 10.1. The second kappa shape index (κ2) is 9.16. The molecule has 1 saturated heterocycles. The van der Waals surface area contributed by atoms with Crippen molar-refractivity contribution in [2.75, 3.05) is 23.3 Å². The van der Waals surface area contributed by atoms with Crippen molar-refractivity contribution in [2.24, 2.45) is 11.3 Å². The summed E-state index contributed by atoms with van der Waals surface area (Å²) in [4.78, 5) is 18.8. The molecule has 2 aromatic rings. The number of rotatable bonds is 6. The summed E-state index contributed by atoms with van der Waals surface area (Å²) >= 11 is 0. The number of para-hydroxylation sites is 1. The zero-order valence-electron chi connectivity index (χ0n) is 19.3. The van der Waals surface area contributed by atoms with Gasteiger partial charge in [0.15, 0.2) is 5.69 Å². The second-order valence-electron chi connectivity index (χ2n) is 10.1. The van der Waals surface area contributed by atoms with Crippen LogP contribution in [0.15, 0.2) is 36.4 Å². The first kappa shape index (κ1) is 21.9. The summed E-state index contributed by atoms with van der Waals surface area (Å²) in [5.41, 5.74) is 3.59. The van der Waals surface area contributed by atoms with Gasteiger partial charge in [0.2, 0.25) is 0 Å². The molecule has 2 heterocycles. The lowest BCUT2D eigenvalue weighted by molar-refractivity contribution is 0.0690. The Morgan fingerprint density at radius 2 is 1.73 bits per heavy atom. The molecule has 3 fully saturated rings. The largest absolute Gasteiger partial charge is 0.477 e. The summed E-state index contributed by atoms with van der Waals surface area (Å²) in [6.07, 6.45) is 12.2. The van der Waals surface area contributed by atoms with Crippen molar-refractivity contribution >= 4 is 28.9 Å². The number of aromatic carboxylic acids is 1. The number of pyridine rings is 1. The molecule has 0 amide bonds. The zero-order valence-corrected chi connectivity index (χ0v) is 19.3. The molecular weight excluding hydrogens is 412 g/mol. The molecule has 0 unspecified atom stereocenters. The van der Waals surface area contributed by atoms with E-state index in [2.05, 4.69) is 15.2 Å². The number of nitrogens with one attached hydrogen (secondary N) is 2. The number of hydrogen-bond acceptors (Lipinski definition) is 5. The topological polar surface area (TPSA) is 89.3 Å². The molecular formula is C27H34N4O2. The summed E-state index contributed by atoms with van der Waals surface area (Å²) < 4.78 is 0. The molecule has 1 aliphatic heterocycles. The predicted octanol–water partition coefficient (Wildman–Crippen LogP) is 6.24. The monoisotopic (exact) mass is 446 g/mol. The van der Waals surface area contributed by atoms with Crippen LogP contribution in [0.2, 0.25) is 0 Å². The smallest absolute Gasteiger partial charge is 0.354 e. The van der Waals surface area contributed by atoms with Crippen molar-refractivity contribution in [2.45, 2.75) is 64.2 Å². The van der Waals surface area contributed by atoms with Crippen molar-refractivity contribution in [3.05, 3.63) is 47.7 Å². The molecule has 1 spiro atoms. The first-order chi connectivity index (χ1) is 16.0. The van der Waals surface area contributed by atoms with Gasteiger partial charge in [-0.2, -0.15) is 0 Å². The molecule has 0 radical (unpaired) electrons. The van der Waals surface area contributed by atoms with E-state index in [0.29, 0.717) is 16.9 Å². The van der Waals surface area contributed by atoms with Crippen molar-refractivity contribution < 1.29 is 9.90 Å². The quantitative estimate of drug-likeness (QED) is 0.457. The molecule has 3 aliphatic rings. The number of carbonyl (C=O) groups is 1. The lowest BCUT2D eigenvalue weighted by Crippen LogP contribution is -2.42. The third-order valence-electron chi connectivity index (χ3n) is 8.12. The lowest BCUT2D eigenvalue weighted by Gasteiger charge is -2.45. The Morgan fingerprint density at radius 1 is 1.03 bits per heavy atom. The summed E-state index contributed by atoms with van der Waals surface area (Å²) in [6.45, 7) is 1.83. The fraction of sp³-hybridized carbons (Fsp3) is 0.519. The fourth-order valence-electron chi connectivity index (χ4n) is 5.83. The normalized spacial score (nSPS) is 20.3. The molecule has 33 heavy (non-hydrogen) atoms. The zero-order chi connectivity index (χ0) is 22.8. The van der Waals surface area contributed by atoms with Crippen LogP contribution in [0.25, 0.3) is 0 Å². The molecule has 2 saturated carbocycles. The van der Waals surface area contributed by atoms with Crippen molar-refractivity contribution in [1.29, 1.82) is 5.41 Å². The van der Waals surface area contributed by atoms with Gasteiger partial charge in [-0.3, -0.25) is 0 Å². The van der Waals surface area contributed by atoms with Crippen LogP contribution >= 0.6 is 0 Å². The number of carboxylic acids is 1. The third-order valence-corrected chi connectivity index (χ3v) is 8.12. The number of nitrogens with zero attached hydrogens (tertiary/aromatic N) is 2. The van der Waals surface area contributed by atoms with Crippen LogP contribution in [-0.4, -0.2) is 34.9 Å². The Balaban J connectivity index is 1.53. The molecule has 6 heteroatoms. The Kier molecular flexibility index (Phi) is 6.09. The lowest BCUT2D eigenvalue weighted by atomic mass is 9.68. The standard InChI is InChI=1S/C27H34N4O2/c28-24(19-8-7-9-19)23-22(31-16-14-27(15-17-31)12-5-2-6-13-27)18-21(26(32)33)30-25(23)29-20-10-3-1-4-11-20/h1,3-4,10-11,18-19,28H,2,5-9,12-17H2,(H,29,30)(H,32,33). The molecule has 0 bridgehead atoms. The van der Waals surface area contributed by atoms with Crippen LogP contribution < -0.4 is 10.2 Å². The average Bonchev–Trinajstić information content (AvgIpc) is 2.79. The Labute approximate surface area is 195 Å². The minimum atomic E-state index is -1.03. The van der Waals surface area contributed by atoms with Gasteiger partial charge in [-0.1, -0.05) is 43.9 Å². The molecule has 1 aromatic carbocycles. The molecule has 174 valence electrons. The van der Waals surface area contributed by atoms with E-state index in [1.165, 1.54) is 32.1 Å². The van der Waals surface area contributed by atoms with Gasteiger partial charge in [-0.25, -0.2) is 9.78 Å². The highest BCUT2D eigenvalue weighted by molar-refractivity contribution is 6.10. The molecule has 0 atom stereocenters. The van der Waals surface area contributed by atoms with Gasteiger partial charge in [0, 0.05) is 30.4 Å². The van der Waals surface area contributed by atoms with Crippen molar-refractivity contribution in [1.82, 2.24) is 4.98 Å². The van der Waals surface area contributed by atoms with E-state index in [4.69, 9.17) is 5.41 Å². The highest BCUT2D eigenvalue weighted by atomic mass is 16.4. The number of benzene rings is 1. The third kappa shape index (κ3) is 4.48. The maximum absolute atomic E-state index is 12.0. The molecule has 3 N–H and O–H groups in total. The number of anilines is 3. The number of aromatic nitrogens is 1. The predicted molar refractivity (Wildman–Crippen MR) is 132 cm³/mol. The number of hydrogen-bond donors (Lipinski definition) is 3. The van der Waals surface area contributed by atoms with Crippen molar-refractivity contribution in [3.63, 3.8) is 0 Å². The SMILES string of the molecule is N=C(c1c(N2CCC3(CCCCC3)CC2)cc(C(=O)O)nc1Nc1ccccc1)C1CCC1. The molecule has 5 rings (SSSR count). The minimum Gasteiger partial charge on any atom is -0.477 e. The number of piperidine rings is 1. The summed E-state index contributed by atoms with van der Waals surface area (Å²) in [5.74, 6) is -0.312. The van der Waals surface area contributed by atoms with Crippen LogP contribution in [0.1, 0.15) is 80.3 Å². The van der Waals surface area contributed by atoms with Gasteiger partial charge >= 0.3 is 5.97 Å². The van der Waals surface area contributed by atoms with Gasteiger partial charge in [0.05, 0.1) is 11.3 Å². The van der Waals surface area contributed by atoms with Gasteiger partial charge in [-0.05, 0) is 62.1 Å². The first-order valence-electron chi connectivity index (χ1n) is 12.5. The summed E-state index contributed by atoms with van der Waals surface area (Å²) in [7, 11) is 0. The fourth-order valence-corrected chi connectivity index (χ4v) is 5.83. The highest BCUT2D eigenvalue weighted by Crippen LogP contribution is 2.46. The Hall–Kier alpha value is -2.89. The van der Waals surface area contributed by atoms with E-state index in [1.54, 1.807) is 6.07 Å². The average molecular weight is 447 g/mol. The van der Waals surface area contributed by atoms with E-state index >= 15 is 0 Å². The van der Waals surface area contributed by atoms with Gasteiger partial charge in [0.25, 0.3) is 0 Å². The van der Waals surface area contributed by atoms with E-state index in [1.807, 2.05) is 30.3 Å². The first-order valence-corrected chi connectivity index (χ1v) is 12.5. The summed E-state index contributed by atoms with van der Waals surface area (Å²) in [6, 6.07) is 11.4. The minimum absolute atomic E-state index is 0.0338. The molecule has 2 aliphatic carbocycles. The number of carboxylic acid groups (broad SMARTS) is 1. The van der Waals surface area contributed by atoms with Crippen LogP contribution in [0.5, 0.6) is 0 Å². The van der Waals surface area contributed by atoms with Crippen LogP contribution in [0, 0.1) is 16.7 Å². The van der Waals surface area contributed by atoms with Crippen molar-refractivity contribution in [3.8, 4) is 0 Å². The van der Waals surface area contributed by atoms with E-state index in [9.17, 15) is 9.90 Å². The van der Waals surface area contributed by atoms with Crippen LogP contribution in [0.3, 0.4) is 0 Å². The summed E-state index contributed by atoms with van der Waals surface area (Å²) in [5, 5.41) is 22.2. The van der Waals surface area contributed by atoms with E-state index < -0.39 is 5.97 Å². The van der Waals surface area contributed by atoms with E-state index in [-0.39, 0.29) is 11.6 Å². The highest BCUT2D eigenvalue weighted by Gasteiger charge is 2.37. The maximum atomic E-state index is 12.0. The van der Waals surface area contributed by atoms with Gasteiger partial charge in [0.1, 0.15) is 5.82 Å². The Morgan fingerprint density at radius 3 is 2.33 bits per heavy atom. The Bertz CT molecular complexity index is 1020. The van der Waals surface area contributed by atoms with Crippen LogP contribution in [0.4, 0.5) is 17.2 Å². The van der Waals surface area contributed by atoms with Gasteiger partial charge in [-0.15, -0.1) is 0 Å². The molecule has 1 aromatic heterocycles. The van der Waals surface area contributed by atoms with Crippen LogP contribution in [-0.2, 0) is 0 Å². The maximum Gasteiger partial charge on any atom is 0.354 e. The van der Waals surface area contributed by atoms with Gasteiger partial charge < -0.3 is 20.7 Å². The molecule has 6 nitrogen and oxygen atoms in total. The van der Waals surface area contributed by atoms with E-state index in [0.717, 1.165) is 62.1 Å².